The molecule has 0 saturated carbocycles. The molecule has 0 aliphatic rings. The Bertz CT molecular complexity index is 593. The van der Waals surface area contributed by atoms with E-state index in [-0.39, 0.29) is 5.78 Å². The van der Waals surface area contributed by atoms with Gasteiger partial charge in [-0.3, -0.25) is 4.79 Å². The maximum atomic E-state index is 12.4. The van der Waals surface area contributed by atoms with Crippen LogP contribution in [0, 0.1) is 0 Å². The SMILES string of the molecule is CCCOc1ccccc1C(=O)Cc1cccc(Br)c1. The van der Waals surface area contributed by atoms with E-state index in [9.17, 15) is 4.79 Å². The van der Waals surface area contributed by atoms with Crippen LogP contribution in [-0.2, 0) is 6.42 Å². The predicted octanol–water partition coefficient (Wildman–Crippen LogP) is 4.66. The summed E-state index contributed by atoms with van der Waals surface area (Å²) in [6, 6.07) is 15.2. The van der Waals surface area contributed by atoms with Crippen molar-refractivity contribution in [1.29, 1.82) is 0 Å². The highest BCUT2D eigenvalue weighted by Crippen LogP contribution is 2.21. The molecule has 0 amide bonds. The predicted molar refractivity (Wildman–Crippen MR) is 84.4 cm³/mol. The normalized spacial score (nSPS) is 10.3. The fraction of sp³-hybridized carbons (Fsp3) is 0.235. The van der Waals surface area contributed by atoms with Gasteiger partial charge in [-0.25, -0.2) is 0 Å². The monoisotopic (exact) mass is 332 g/mol. The van der Waals surface area contributed by atoms with Gasteiger partial charge in [0, 0.05) is 10.9 Å². The van der Waals surface area contributed by atoms with E-state index in [0.717, 1.165) is 16.5 Å². The van der Waals surface area contributed by atoms with Gasteiger partial charge in [-0.1, -0.05) is 47.1 Å². The Morgan fingerprint density at radius 2 is 1.95 bits per heavy atom. The molecule has 0 fully saturated rings. The smallest absolute Gasteiger partial charge is 0.170 e. The third kappa shape index (κ3) is 3.94. The molecule has 2 aromatic carbocycles. The lowest BCUT2D eigenvalue weighted by atomic mass is 10.0. The number of carbonyl (C=O) groups is 1. The van der Waals surface area contributed by atoms with Crippen LogP contribution < -0.4 is 4.74 Å². The van der Waals surface area contributed by atoms with Crippen molar-refractivity contribution >= 4 is 21.7 Å². The molecule has 0 radical (unpaired) electrons. The molecular formula is C17H17BrO2. The average molecular weight is 333 g/mol. The van der Waals surface area contributed by atoms with Gasteiger partial charge in [0.1, 0.15) is 5.75 Å². The van der Waals surface area contributed by atoms with E-state index in [0.29, 0.717) is 24.3 Å². The Labute approximate surface area is 127 Å². The van der Waals surface area contributed by atoms with Crippen molar-refractivity contribution in [3.63, 3.8) is 0 Å². The molecule has 2 aromatic rings. The standard InChI is InChI=1S/C17H17BrO2/c1-2-10-20-17-9-4-3-8-15(17)16(19)12-13-6-5-7-14(18)11-13/h3-9,11H,2,10,12H2,1H3. The van der Waals surface area contributed by atoms with Crippen LogP contribution in [0.25, 0.3) is 0 Å². The second-order valence-corrected chi connectivity index (χ2v) is 5.49. The fourth-order valence-electron chi connectivity index (χ4n) is 1.96. The zero-order valence-corrected chi connectivity index (χ0v) is 13.0. The highest BCUT2D eigenvalue weighted by atomic mass is 79.9. The van der Waals surface area contributed by atoms with Crippen molar-refractivity contribution < 1.29 is 9.53 Å². The van der Waals surface area contributed by atoms with Crippen LogP contribution in [0.15, 0.2) is 53.0 Å². The molecule has 2 nitrogen and oxygen atoms in total. The molecule has 104 valence electrons. The van der Waals surface area contributed by atoms with Crippen molar-refractivity contribution in [1.82, 2.24) is 0 Å². The number of carbonyl (C=O) groups excluding carboxylic acids is 1. The molecule has 3 heteroatoms. The van der Waals surface area contributed by atoms with Crippen LogP contribution in [0.2, 0.25) is 0 Å². The highest BCUT2D eigenvalue weighted by molar-refractivity contribution is 9.10. The van der Waals surface area contributed by atoms with E-state index >= 15 is 0 Å². The minimum absolute atomic E-state index is 0.0785. The zero-order valence-electron chi connectivity index (χ0n) is 11.4. The van der Waals surface area contributed by atoms with Crippen molar-refractivity contribution in [2.75, 3.05) is 6.61 Å². The first-order valence-corrected chi connectivity index (χ1v) is 7.49. The third-order valence-electron chi connectivity index (χ3n) is 2.90. The number of ether oxygens (including phenoxy) is 1. The van der Waals surface area contributed by atoms with Gasteiger partial charge in [-0.05, 0) is 36.2 Å². The Morgan fingerprint density at radius 3 is 2.70 bits per heavy atom. The number of rotatable bonds is 6. The first-order chi connectivity index (χ1) is 9.70. The maximum Gasteiger partial charge on any atom is 0.170 e. The third-order valence-corrected chi connectivity index (χ3v) is 3.40. The lowest BCUT2D eigenvalue weighted by Crippen LogP contribution is -2.07. The van der Waals surface area contributed by atoms with E-state index in [2.05, 4.69) is 15.9 Å². The number of para-hydroxylation sites is 1. The minimum Gasteiger partial charge on any atom is -0.493 e. The van der Waals surface area contributed by atoms with Crippen LogP contribution in [0.1, 0.15) is 29.3 Å². The molecule has 0 aromatic heterocycles. The van der Waals surface area contributed by atoms with Gasteiger partial charge < -0.3 is 4.74 Å². The minimum atomic E-state index is 0.0785. The topological polar surface area (TPSA) is 26.3 Å². The van der Waals surface area contributed by atoms with Crippen LogP contribution in [-0.4, -0.2) is 12.4 Å². The maximum absolute atomic E-state index is 12.4. The van der Waals surface area contributed by atoms with Crippen LogP contribution in [0.4, 0.5) is 0 Å². The molecule has 0 aliphatic heterocycles. The van der Waals surface area contributed by atoms with Gasteiger partial charge >= 0.3 is 0 Å². The van der Waals surface area contributed by atoms with Crippen LogP contribution in [0.3, 0.4) is 0 Å². The fourth-order valence-corrected chi connectivity index (χ4v) is 2.41. The number of ketones is 1. The summed E-state index contributed by atoms with van der Waals surface area (Å²) in [5.74, 6) is 0.754. The molecule has 0 N–H and O–H groups in total. The summed E-state index contributed by atoms with van der Waals surface area (Å²) in [6.45, 7) is 2.67. The number of hydrogen-bond acceptors (Lipinski definition) is 2. The number of Topliss-reactive ketones (excluding diaryl/α,β-unsaturated/α-hetero) is 1. The molecule has 20 heavy (non-hydrogen) atoms. The summed E-state index contributed by atoms with van der Waals surface area (Å²) >= 11 is 3.42. The highest BCUT2D eigenvalue weighted by Gasteiger charge is 2.12. The van der Waals surface area contributed by atoms with Gasteiger partial charge in [0.25, 0.3) is 0 Å². The summed E-state index contributed by atoms with van der Waals surface area (Å²) in [6.07, 6.45) is 1.31. The summed E-state index contributed by atoms with van der Waals surface area (Å²) in [5.41, 5.74) is 1.65. The zero-order chi connectivity index (χ0) is 14.4. The molecular weight excluding hydrogens is 316 g/mol. The van der Waals surface area contributed by atoms with E-state index < -0.39 is 0 Å². The molecule has 0 heterocycles. The summed E-state index contributed by atoms with van der Waals surface area (Å²) in [5, 5.41) is 0. The second kappa shape index (κ2) is 7.25. The first kappa shape index (κ1) is 14.8. The molecule has 0 bridgehead atoms. The van der Waals surface area contributed by atoms with Crippen molar-refractivity contribution in [3.8, 4) is 5.75 Å². The Morgan fingerprint density at radius 1 is 1.15 bits per heavy atom. The number of hydrogen-bond donors (Lipinski definition) is 0. The second-order valence-electron chi connectivity index (χ2n) is 4.57. The lowest BCUT2D eigenvalue weighted by Gasteiger charge is -2.10. The molecule has 0 atom stereocenters. The van der Waals surface area contributed by atoms with Gasteiger partial charge in [-0.2, -0.15) is 0 Å². The lowest BCUT2D eigenvalue weighted by molar-refractivity contribution is 0.0989. The van der Waals surface area contributed by atoms with Crippen molar-refractivity contribution in [2.24, 2.45) is 0 Å². The largest absolute Gasteiger partial charge is 0.493 e. The summed E-state index contributed by atoms with van der Waals surface area (Å²) in [7, 11) is 0. The van der Waals surface area contributed by atoms with Crippen LogP contribution in [0.5, 0.6) is 5.75 Å². The van der Waals surface area contributed by atoms with E-state index in [1.54, 1.807) is 0 Å². The van der Waals surface area contributed by atoms with Crippen LogP contribution >= 0.6 is 15.9 Å². The van der Waals surface area contributed by atoms with E-state index in [1.807, 2.05) is 55.5 Å². The molecule has 0 spiro atoms. The van der Waals surface area contributed by atoms with Crippen molar-refractivity contribution in [2.45, 2.75) is 19.8 Å². The molecule has 2 rings (SSSR count). The Balaban J connectivity index is 2.16. The summed E-state index contributed by atoms with van der Waals surface area (Å²) in [4.78, 5) is 12.4. The quantitative estimate of drug-likeness (QED) is 0.719. The number of benzene rings is 2. The molecule has 0 unspecified atom stereocenters. The van der Waals surface area contributed by atoms with Gasteiger partial charge in [0.2, 0.25) is 0 Å². The van der Waals surface area contributed by atoms with Gasteiger partial charge in [0.15, 0.2) is 5.78 Å². The van der Waals surface area contributed by atoms with Gasteiger partial charge in [0.05, 0.1) is 12.2 Å². The molecule has 0 aliphatic carbocycles. The Hall–Kier alpha value is -1.61. The van der Waals surface area contributed by atoms with E-state index in [4.69, 9.17) is 4.74 Å². The van der Waals surface area contributed by atoms with E-state index in [1.165, 1.54) is 0 Å². The Kier molecular flexibility index (Phi) is 5.36. The molecule has 0 saturated heterocycles. The first-order valence-electron chi connectivity index (χ1n) is 6.70. The van der Waals surface area contributed by atoms with Crippen molar-refractivity contribution in [3.05, 3.63) is 64.1 Å². The van der Waals surface area contributed by atoms with Gasteiger partial charge in [-0.15, -0.1) is 0 Å². The summed E-state index contributed by atoms with van der Waals surface area (Å²) < 4.78 is 6.62. The average Bonchev–Trinajstić information content (AvgIpc) is 2.45. The number of halogens is 1.